The lowest BCUT2D eigenvalue weighted by atomic mass is 10.2. The summed E-state index contributed by atoms with van der Waals surface area (Å²) < 4.78 is 5.83. The molecule has 1 fully saturated rings. The molecule has 2 rings (SSSR count). The predicted molar refractivity (Wildman–Crippen MR) is 89.6 cm³/mol. The van der Waals surface area contributed by atoms with Gasteiger partial charge in [-0.15, -0.1) is 11.3 Å². The van der Waals surface area contributed by atoms with Crippen molar-refractivity contribution < 1.29 is 9.53 Å². The van der Waals surface area contributed by atoms with Gasteiger partial charge in [0.15, 0.2) is 11.5 Å². The van der Waals surface area contributed by atoms with Gasteiger partial charge in [0.05, 0.1) is 16.7 Å². The fourth-order valence-electron chi connectivity index (χ4n) is 2.19. The monoisotopic (exact) mass is 310 g/mol. The molecular weight excluding hydrogens is 284 g/mol. The third kappa shape index (κ3) is 4.13. The molecule has 1 saturated carbocycles. The molecule has 1 aliphatic carbocycles. The van der Waals surface area contributed by atoms with Crippen LogP contribution < -0.4 is 15.8 Å². The Morgan fingerprint density at radius 2 is 2.14 bits per heavy atom. The molecule has 0 atom stereocenters. The summed E-state index contributed by atoms with van der Waals surface area (Å²) in [5, 5.41) is 4.29. The van der Waals surface area contributed by atoms with Gasteiger partial charge in [-0.1, -0.05) is 19.8 Å². The molecule has 5 heteroatoms. The number of ketones is 1. The van der Waals surface area contributed by atoms with Gasteiger partial charge in [-0.3, -0.25) is 4.79 Å². The molecule has 1 aromatic rings. The van der Waals surface area contributed by atoms with E-state index < -0.39 is 0 Å². The van der Waals surface area contributed by atoms with Crippen molar-refractivity contribution in [1.29, 1.82) is 0 Å². The van der Waals surface area contributed by atoms with Crippen LogP contribution in [-0.4, -0.2) is 18.4 Å². The standard InChI is InChI=1S/C16H26N2O2S/c1-4-5-6-9-18-16-14(20-10(2)3)12(17)15(21-16)13(19)11-7-8-11/h10-11,18H,4-9,17H2,1-3H3. The highest BCUT2D eigenvalue weighted by molar-refractivity contribution is 7.19. The number of thiophene rings is 1. The maximum absolute atomic E-state index is 12.3. The number of anilines is 2. The van der Waals surface area contributed by atoms with Crippen LogP contribution in [0.5, 0.6) is 5.75 Å². The first-order chi connectivity index (χ1) is 10.0. The average Bonchev–Trinajstić information content (AvgIpc) is 3.23. The molecule has 0 spiro atoms. The number of Topliss-reactive ketones (excluding diaryl/α,β-unsaturated/α-hetero) is 1. The molecule has 3 N–H and O–H groups in total. The van der Waals surface area contributed by atoms with Crippen LogP contribution in [0.2, 0.25) is 0 Å². The lowest BCUT2D eigenvalue weighted by Crippen LogP contribution is -2.09. The zero-order valence-corrected chi connectivity index (χ0v) is 14.0. The van der Waals surface area contributed by atoms with E-state index in [2.05, 4.69) is 12.2 Å². The van der Waals surface area contributed by atoms with Gasteiger partial charge < -0.3 is 15.8 Å². The number of nitrogen functional groups attached to an aromatic ring is 1. The van der Waals surface area contributed by atoms with Gasteiger partial charge in [-0.2, -0.15) is 0 Å². The zero-order chi connectivity index (χ0) is 15.4. The second kappa shape index (κ2) is 7.16. The first kappa shape index (κ1) is 16.1. The fourth-order valence-corrected chi connectivity index (χ4v) is 3.29. The van der Waals surface area contributed by atoms with Crippen LogP contribution in [0.25, 0.3) is 0 Å². The van der Waals surface area contributed by atoms with Gasteiger partial charge in [-0.05, 0) is 33.1 Å². The van der Waals surface area contributed by atoms with E-state index in [1.807, 2.05) is 13.8 Å². The Labute approximate surface area is 131 Å². The van der Waals surface area contributed by atoms with E-state index in [-0.39, 0.29) is 17.8 Å². The molecule has 1 aromatic heterocycles. The highest BCUT2D eigenvalue weighted by Crippen LogP contribution is 2.46. The summed E-state index contributed by atoms with van der Waals surface area (Å²) in [7, 11) is 0. The number of unbranched alkanes of at least 4 members (excludes halogenated alkanes) is 2. The molecule has 0 bridgehead atoms. The number of ether oxygens (including phenoxy) is 1. The molecule has 0 radical (unpaired) electrons. The van der Waals surface area contributed by atoms with Crippen LogP contribution in [0.4, 0.5) is 10.7 Å². The second-order valence-electron chi connectivity index (χ2n) is 5.94. The van der Waals surface area contributed by atoms with Gasteiger partial charge in [0.2, 0.25) is 0 Å². The van der Waals surface area contributed by atoms with Crippen LogP contribution in [-0.2, 0) is 0 Å². The number of hydrogen-bond donors (Lipinski definition) is 2. The van der Waals surface area contributed by atoms with Crippen LogP contribution in [0, 0.1) is 5.92 Å². The molecule has 21 heavy (non-hydrogen) atoms. The minimum Gasteiger partial charge on any atom is -0.486 e. The molecule has 118 valence electrons. The minimum absolute atomic E-state index is 0.0435. The van der Waals surface area contributed by atoms with E-state index in [1.54, 1.807) is 0 Å². The van der Waals surface area contributed by atoms with E-state index in [1.165, 1.54) is 24.2 Å². The van der Waals surface area contributed by atoms with Crippen molar-refractivity contribution in [2.45, 2.75) is 59.0 Å². The summed E-state index contributed by atoms with van der Waals surface area (Å²) in [5.41, 5.74) is 6.69. The Bertz CT molecular complexity index is 493. The Hall–Kier alpha value is -1.23. The van der Waals surface area contributed by atoms with Crippen molar-refractivity contribution in [1.82, 2.24) is 0 Å². The van der Waals surface area contributed by atoms with E-state index in [9.17, 15) is 4.79 Å². The summed E-state index contributed by atoms with van der Waals surface area (Å²) in [4.78, 5) is 13.0. The third-order valence-corrected chi connectivity index (χ3v) is 4.65. The van der Waals surface area contributed by atoms with Crippen molar-refractivity contribution in [3.8, 4) is 5.75 Å². The molecular formula is C16H26N2O2S. The Morgan fingerprint density at radius 3 is 2.71 bits per heavy atom. The number of rotatable bonds is 9. The van der Waals surface area contributed by atoms with Crippen molar-refractivity contribution in [3.63, 3.8) is 0 Å². The highest BCUT2D eigenvalue weighted by atomic mass is 32.1. The number of hydrogen-bond acceptors (Lipinski definition) is 5. The molecule has 0 amide bonds. The van der Waals surface area contributed by atoms with E-state index in [4.69, 9.17) is 10.5 Å². The zero-order valence-electron chi connectivity index (χ0n) is 13.2. The summed E-state index contributed by atoms with van der Waals surface area (Å²) in [5.74, 6) is 1.04. The number of carbonyl (C=O) groups is 1. The molecule has 0 unspecified atom stereocenters. The Kier molecular flexibility index (Phi) is 5.51. The molecule has 0 saturated heterocycles. The van der Waals surface area contributed by atoms with Crippen molar-refractivity contribution in [3.05, 3.63) is 4.88 Å². The molecule has 0 aromatic carbocycles. The summed E-state index contributed by atoms with van der Waals surface area (Å²) in [6.45, 7) is 7.02. The largest absolute Gasteiger partial charge is 0.486 e. The maximum atomic E-state index is 12.3. The van der Waals surface area contributed by atoms with E-state index in [0.717, 1.165) is 30.8 Å². The third-order valence-electron chi connectivity index (χ3n) is 3.49. The van der Waals surface area contributed by atoms with Crippen molar-refractivity contribution in [2.75, 3.05) is 17.6 Å². The van der Waals surface area contributed by atoms with Gasteiger partial charge in [-0.25, -0.2) is 0 Å². The Morgan fingerprint density at radius 1 is 1.43 bits per heavy atom. The van der Waals surface area contributed by atoms with Crippen LogP contribution in [0.3, 0.4) is 0 Å². The van der Waals surface area contributed by atoms with Gasteiger partial charge in [0.25, 0.3) is 0 Å². The lowest BCUT2D eigenvalue weighted by molar-refractivity contribution is 0.0972. The number of nitrogens with two attached hydrogens (primary N) is 1. The molecule has 1 aliphatic rings. The van der Waals surface area contributed by atoms with Crippen LogP contribution in [0.1, 0.15) is 62.5 Å². The average molecular weight is 310 g/mol. The number of nitrogens with one attached hydrogen (secondary N) is 1. The van der Waals surface area contributed by atoms with Gasteiger partial charge in [0, 0.05) is 12.5 Å². The second-order valence-corrected chi connectivity index (χ2v) is 6.96. The van der Waals surface area contributed by atoms with Crippen LogP contribution in [0.15, 0.2) is 0 Å². The predicted octanol–water partition coefficient (Wildman–Crippen LogP) is 4.31. The van der Waals surface area contributed by atoms with Gasteiger partial charge in [0.1, 0.15) is 5.00 Å². The molecule has 1 heterocycles. The molecule has 0 aliphatic heterocycles. The lowest BCUT2D eigenvalue weighted by Gasteiger charge is -2.12. The fraction of sp³-hybridized carbons (Fsp3) is 0.688. The first-order valence-electron chi connectivity index (χ1n) is 7.91. The summed E-state index contributed by atoms with van der Waals surface area (Å²) >= 11 is 1.45. The van der Waals surface area contributed by atoms with E-state index in [0.29, 0.717) is 16.3 Å². The summed E-state index contributed by atoms with van der Waals surface area (Å²) in [6.07, 6.45) is 5.53. The smallest absolute Gasteiger partial charge is 0.178 e. The van der Waals surface area contributed by atoms with Gasteiger partial charge >= 0.3 is 0 Å². The first-order valence-corrected chi connectivity index (χ1v) is 8.73. The number of carbonyl (C=O) groups excluding carboxylic acids is 1. The normalized spacial score (nSPS) is 14.5. The molecule has 4 nitrogen and oxygen atoms in total. The SMILES string of the molecule is CCCCCNc1sc(C(=O)C2CC2)c(N)c1OC(C)C. The minimum atomic E-state index is 0.0435. The van der Waals surface area contributed by atoms with Crippen molar-refractivity contribution >= 4 is 27.8 Å². The topological polar surface area (TPSA) is 64.4 Å². The quantitative estimate of drug-likeness (QED) is 0.527. The maximum Gasteiger partial charge on any atom is 0.178 e. The Balaban J connectivity index is 2.15. The van der Waals surface area contributed by atoms with Crippen LogP contribution >= 0.6 is 11.3 Å². The summed E-state index contributed by atoms with van der Waals surface area (Å²) in [6, 6.07) is 0. The van der Waals surface area contributed by atoms with E-state index >= 15 is 0 Å². The van der Waals surface area contributed by atoms with Crippen molar-refractivity contribution in [2.24, 2.45) is 5.92 Å². The highest BCUT2D eigenvalue weighted by Gasteiger charge is 2.34.